The third-order valence-electron chi connectivity index (χ3n) is 2.40. The normalized spacial score (nSPS) is 40.5. The number of aliphatic hydroxyl groups excluding tert-OH is 1. The van der Waals surface area contributed by atoms with Crippen LogP contribution < -0.4 is 0 Å². The van der Waals surface area contributed by atoms with E-state index in [4.69, 9.17) is 9.84 Å². The van der Waals surface area contributed by atoms with Gasteiger partial charge in [-0.25, -0.2) is 0 Å². The minimum absolute atomic E-state index is 0.0490. The molecule has 1 saturated heterocycles. The van der Waals surface area contributed by atoms with E-state index in [9.17, 15) is 0 Å². The number of hydrogen-bond acceptors (Lipinski definition) is 2. The summed E-state index contributed by atoms with van der Waals surface area (Å²) < 4.78 is 5.60. The fourth-order valence-electron chi connectivity index (χ4n) is 1.38. The Bertz CT molecular complexity index is 114. The van der Waals surface area contributed by atoms with Crippen molar-refractivity contribution in [3.63, 3.8) is 0 Å². The summed E-state index contributed by atoms with van der Waals surface area (Å²) in [5, 5.41) is 8.77. The molecule has 1 rings (SSSR count). The van der Waals surface area contributed by atoms with E-state index in [0.29, 0.717) is 0 Å². The maximum Gasteiger partial charge on any atom is 0.0814 e. The Hall–Kier alpha value is -0.0800. The van der Waals surface area contributed by atoms with Crippen LogP contribution in [-0.2, 0) is 4.74 Å². The van der Waals surface area contributed by atoms with E-state index in [0.717, 1.165) is 19.3 Å². The fourth-order valence-corrected chi connectivity index (χ4v) is 1.38. The summed E-state index contributed by atoms with van der Waals surface area (Å²) in [6.45, 7) is 4.41. The zero-order valence-electron chi connectivity index (χ0n) is 6.76. The Morgan fingerprint density at radius 3 is 2.70 bits per heavy atom. The van der Waals surface area contributed by atoms with Gasteiger partial charge in [-0.15, -0.1) is 0 Å². The average molecular weight is 144 g/mol. The number of ether oxygens (including phenoxy) is 1. The van der Waals surface area contributed by atoms with E-state index in [1.165, 1.54) is 0 Å². The van der Waals surface area contributed by atoms with Gasteiger partial charge in [-0.1, -0.05) is 6.92 Å². The summed E-state index contributed by atoms with van der Waals surface area (Å²) in [6.07, 6.45) is 3.25. The van der Waals surface area contributed by atoms with E-state index in [1.807, 2.05) is 0 Å². The molecule has 0 amide bonds. The van der Waals surface area contributed by atoms with Gasteiger partial charge in [0.1, 0.15) is 0 Å². The van der Waals surface area contributed by atoms with Crippen molar-refractivity contribution in [1.29, 1.82) is 0 Å². The van der Waals surface area contributed by atoms with Crippen molar-refractivity contribution in [3.05, 3.63) is 0 Å². The van der Waals surface area contributed by atoms with Crippen LogP contribution in [0.25, 0.3) is 0 Å². The molecular weight excluding hydrogens is 128 g/mol. The van der Waals surface area contributed by atoms with Crippen LogP contribution in [-0.4, -0.2) is 23.4 Å². The van der Waals surface area contributed by atoms with Crippen LogP contribution in [0.1, 0.15) is 33.1 Å². The largest absolute Gasteiger partial charge is 0.394 e. The van der Waals surface area contributed by atoms with Crippen LogP contribution in [0.15, 0.2) is 0 Å². The number of aliphatic hydroxyl groups is 1. The van der Waals surface area contributed by atoms with Crippen molar-refractivity contribution < 1.29 is 9.84 Å². The Balaban J connectivity index is 2.41. The lowest BCUT2D eigenvalue weighted by molar-refractivity contribution is -0.0498. The summed E-state index contributed by atoms with van der Waals surface area (Å²) in [4.78, 5) is 0. The second kappa shape index (κ2) is 2.89. The molecule has 2 atom stereocenters. The smallest absolute Gasteiger partial charge is 0.0814 e. The molecule has 0 aliphatic carbocycles. The quantitative estimate of drug-likeness (QED) is 0.633. The van der Waals surface area contributed by atoms with Crippen LogP contribution in [0.5, 0.6) is 0 Å². The molecule has 1 fully saturated rings. The molecule has 2 nitrogen and oxygen atoms in total. The predicted molar refractivity (Wildman–Crippen MR) is 39.9 cm³/mol. The summed E-state index contributed by atoms with van der Waals surface area (Å²) >= 11 is 0. The van der Waals surface area contributed by atoms with Crippen molar-refractivity contribution in [2.75, 3.05) is 6.61 Å². The third-order valence-corrected chi connectivity index (χ3v) is 2.40. The van der Waals surface area contributed by atoms with Gasteiger partial charge in [0.25, 0.3) is 0 Å². The zero-order valence-corrected chi connectivity index (χ0v) is 6.76. The van der Waals surface area contributed by atoms with Crippen molar-refractivity contribution >= 4 is 0 Å². The molecule has 0 spiro atoms. The Labute approximate surface area is 62.2 Å². The van der Waals surface area contributed by atoms with E-state index in [-0.39, 0.29) is 18.3 Å². The van der Waals surface area contributed by atoms with Gasteiger partial charge in [0, 0.05) is 0 Å². The molecule has 1 aliphatic heterocycles. The van der Waals surface area contributed by atoms with Gasteiger partial charge in [0.05, 0.1) is 18.3 Å². The third kappa shape index (κ3) is 1.50. The lowest BCUT2D eigenvalue weighted by atomic mass is 10.00. The van der Waals surface area contributed by atoms with Crippen molar-refractivity contribution in [2.24, 2.45) is 0 Å². The molecule has 1 aliphatic rings. The first-order valence-electron chi connectivity index (χ1n) is 3.99. The van der Waals surface area contributed by atoms with Gasteiger partial charge in [-0.3, -0.25) is 0 Å². The lowest BCUT2D eigenvalue weighted by Gasteiger charge is -2.22. The lowest BCUT2D eigenvalue weighted by Crippen LogP contribution is -2.24. The molecule has 0 aromatic carbocycles. The highest BCUT2D eigenvalue weighted by molar-refractivity contribution is 4.83. The van der Waals surface area contributed by atoms with E-state index in [1.54, 1.807) is 0 Å². The summed E-state index contributed by atoms with van der Waals surface area (Å²) in [6, 6.07) is 0. The van der Waals surface area contributed by atoms with Crippen LogP contribution in [0.2, 0.25) is 0 Å². The van der Waals surface area contributed by atoms with E-state index in [2.05, 4.69) is 13.8 Å². The van der Waals surface area contributed by atoms with Crippen molar-refractivity contribution in [1.82, 2.24) is 0 Å². The maximum atomic E-state index is 8.77. The van der Waals surface area contributed by atoms with Crippen LogP contribution in [0, 0.1) is 0 Å². The summed E-state index contributed by atoms with van der Waals surface area (Å²) in [7, 11) is 0. The number of rotatable bonds is 2. The zero-order chi connectivity index (χ0) is 7.61. The Morgan fingerprint density at radius 1 is 1.70 bits per heavy atom. The van der Waals surface area contributed by atoms with E-state index >= 15 is 0 Å². The summed E-state index contributed by atoms with van der Waals surface area (Å²) in [5.74, 6) is 0. The van der Waals surface area contributed by atoms with Gasteiger partial charge in [-0.2, -0.15) is 0 Å². The van der Waals surface area contributed by atoms with Crippen LogP contribution >= 0.6 is 0 Å². The molecule has 2 heteroatoms. The van der Waals surface area contributed by atoms with Gasteiger partial charge >= 0.3 is 0 Å². The first kappa shape index (κ1) is 8.02. The maximum absolute atomic E-state index is 8.77. The van der Waals surface area contributed by atoms with Crippen molar-refractivity contribution in [2.45, 2.75) is 44.8 Å². The highest BCUT2D eigenvalue weighted by atomic mass is 16.5. The second-order valence-corrected chi connectivity index (χ2v) is 3.26. The molecule has 0 aromatic rings. The standard InChI is InChI=1S/C8H16O2/c1-3-8(2)5-4-7(6-9)10-8/h7,9H,3-6H2,1-2H3/t7-,8+/m1/s1. The van der Waals surface area contributed by atoms with Gasteiger partial charge < -0.3 is 9.84 Å². The fraction of sp³-hybridized carbons (Fsp3) is 1.00. The molecular formula is C8H16O2. The highest BCUT2D eigenvalue weighted by Gasteiger charge is 2.33. The SMILES string of the molecule is CC[C@@]1(C)CC[C@H](CO)O1. The molecule has 1 N–H and O–H groups in total. The van der Waals surface area contributed by atoms with Crippen LogP contribution in [0.3, 0.4) is 0 Å². The Morgan fingerprint density at radius 2 is 2.40 bits per heavy atom. The minimum atomic E-state index is 0.0490. The Kier molecular flexibility index (Phi) is 2.32. The molecule has 1 heterocycles. The molecule has 10 heavy (non-hydrogen) atoms. The molecule has 0 bridgehead atoms. The predicted octanol–water partition coefficient (Wildman–Crippen LogP) is 1.33. The van der Waals surface area contributed by atoms with Crippen molar-refractivity contribution in [3.8, 4) is 0 Å². The van der Waals surface area contributed by atoms with Gasteiger partial charge in [0.15, 0.2) is 0 Å². The van der Waals surface area contributed by atoms with Gasteiger partial charge in [0.2, 0.25) is 0 Å². The van der Waals surface area contributed by atoms with Gasteiger partial charge in [-0.05, 0) is 26.2 Å². The molecule has 60 valence electrons. The monoisotopic (exact) mass is 144 g/mol. The average Bonchev–Trinajstić information content (AvgIpc) is 2.33. The molecule has 0 aromatic heterocycles. The first-order valence-corrected chi connectivity index (χ1v) is 3.99. The molecule has 0 radical (unpaired) electrons. The van der Waals surface area contributed by atoms with E-state index < -0.39 is 0 Å². The highest BCUT2D eigenvalue weighted by Crippen LogP contribution is 2.32. The second-order valence-electron chi connectivity index (χ2n) is 3.26. The minimum Gasteiger partial charge on any atom is -0.394 e. The molecule has 0 saturated carbocycles. The van der Waals surface area contributed by atoms with Crippen LogP contribution in [0.4, 0.5) is 0 Å². The summed E-state index contributed by atoms with van der Waals surface area (Å²) in [5.41, 5.74) is 0.0490. The molecule has 0 unspecified atom stereocenters. The topological polar surface area (TPSA) is 29.5 Å². The number of hydrogen-bond donors (Lipinski definition) is 1. The first-order chi connectivity index (χ1) is 4.70.